The third kappa shape index (κ3) is 1.99. The Balaban J connectivity index is 1.82. The predicted octanol–water partition coefficient (Wildman–Crippen LogP) is 1.75. The third-order valence-corrected chi connectivity index (χ3v) is 4.48. The molecule has 1 unspecified atom stereocenters. The van der Waals surface area contributed by atoms with E-state index in [-0.39, 0.29) is 5.69 Å². The third-order valence-electron chi connectivity index (χ3n) is 4.48. The highest BCUT2D eigenvalue weighted by molar-refractivity contribution is 5.81. The Morgan fingerprint density at radius 3 is 3.09 bits per heavy atom. The SMILES string of the molecule is CCn1c(=O)[nH]c2cc(-c3cncn3C3CCNC3)ccc21. The van der Waals surface area contributed by atoms with Crippen molar-refractivity contribution in [2.24, 2.45) is 0 Å². The second kappa shape index (κ2) is 5.14. The summed E-state index contributed by atoms with van der Waals surface area (Å²) in [6, 6.07) is 6.57. The van der Waals surface area contributed by atoms with Gasteiger partial charge in [-0.15, -0.1) is 0 Å². The smallest absolute Gasteiger partial charge is 0.326 e. The number of aromatic amines is 1. The Morgan fingerprint density at radius 1 is 1.41 bits per heavy atom. The van der Waals surface area contributed by atoms with Crippen LogP contribution < -0.4 is 11.0 Å². The minimum atomic E-state index is -0.0526. The first-order valence-corrected chi connectivity index (χ1v) is 7.73. The average Bonchev–Trinajstić information content (AvgIpc) is 3.24. The number of fused-ring (bicyclic) bond motifs is 1. The van der Waals surface area contributed by atoms with Crippen LogP contribution in [0.15, 0.2) is 35.5 Å². The Kier molecular flexibility index (Phi) is 3.11. The summed E-state index contributed by atoms with van der Waals surface area (Å²) in [5.74, 6) is 0. The molecule has 0 bridgehead atoms. The van der Waals surface area contributed by atoms with Gasteiger partial charge in [-0.25, -0.2) is 9.78 Å². The van der Waals surface area contributed by atoms with E-state index in [4.69, 9.17) is 0 Å². The fourth-order valence-corrected chi connectivity index (χ4v) is 3.33. The van der Waals surface area contributed by atoms with Gasteiger partial charge in [-0.05, 0) is 32.0 Å². The molecule has 6 nitrogen and oxygen atoms in total. The molecule has 1 fully saturated rings. The Morgan fingerprint density at radius 2 is 2.32 bits per heavy atom. The van der Waals surface area contributed by atoms with E-state index in [2.05, 4.69) is 25.9 Å². The van der Waals surface area contributed by atoms with Gasteiger partial charge in [-0.3, -0.25) is 4.57 Å². The second-order valence-corrected chi connectivity index (χ2v) is 5.74. The highest BCUT2D eigenvalue weighted by Crippen LogP contribution is 2.27. The lowest BCUT2D eigenvalue weighted by Gasteiger charge is -2.14. The molecule has 0 aliphatic carbocycles. The van der Waals surface area contributed by atoms with Crippen LogP contribution in [-0.4, -0.2) is 32.2 Å². The van der Waals surface area contributed by atoms with Crippen molar-refractivity contribution >= 4 is 11.0 Å². The van der Waals surface area contributed by atoms with E-state index < -0.39 is 0 Å². The number of hydrogen-bond donors (Lipinski definition) is 2. The molecule has 1 saturated heterocycles. The van der Waals surface area contributed by atoms with E-state index in [1.165, 1.54) is 0 Å². The Bertz CT molecular complexity index is 866. The number of rotatable bonds is 3. The van der Waals surface area contributed by atoms with Crippen molar-refractivity contribution in [2.45, 2.75) is 25.9 Å². The molecule has 0 radical (unpaired) electrons. The van der Waals surface area contributed by atoms with Gasteiger partial charge in [0, 0.05) is 24.7 Å². The van der Waals surface area contributed by atoms with Gasteiger partial charge >= 0.3 is 5.69 Å². The van der Waals surface area contributed by atoms with E-state index in [1.54, 1.807) is 4.57 Å². The first kappa shape index (κ1) is 13.3. The number of imidazole rings is 2. The summed E-state index contributed by atoms with van der Waals surface area (Å²) in [7, 11) is 0. The standard InChI is InChI=1S/C16H19N5O/c1-2-20-14-4-3-11(7-13(14)19-16(20)22)15-9-18-10-21(15)12-5-6-17-8-12/h3-4,7,9-10,12,17H,2,5-6,8H2,1H3,(H,19,22). The van der Waals surface area contributed by atoms with Crippen LogP contribution in [0.1, 0.15) is 19.4 Å². The van der Waals surface area contributed by atoms with Gasteiger partial charge in [0.15, 0.2) is 0 Å². The largest absolute Gasteiger partial charge is 0.326 e. The van der Waals surface area contributed by atoms with E-state index in [9.17, 15) is 4.79 Å². The summed E-state index contributed by atoms with van der Waals surface area (Å²) < 4.78 is 3.98. The summed E-state index contributed by atoms with van der Waals surface area (Å²) in [4.78, 5) is 19.2. The summed E-state index contributed by atoms with van der Waals surface area (Å²) in [6.07, 6.45) is 4.92. The molecule has 1 aliphatic rings. The quantitative estimate of drug-likeness (QED) is 0.774. The minimum absolute atomic E-state index is 0.0526. The molecule has 4 rings (SSSR count). The highest BCUT2D eigenvalue weighted by Gasteiger charge is 2.19. The van der Waals surface area contributed by atoms with Crippen LogP contribution in [0.2, 0.25) is 0 Å². The van der Waals surface area contributed by atoms with Gasteiger partial charge in [0.05, 0.1) is 29.3 Å². The maximum atomic E-state index is 11.9. The van der Waals surface area contributed by atoms with Crippen molar-refractivity contribution in [3.8, 4) is 11.3 Å². The molecule has 0 amide bonds. The van der Waals surface area contributed by atoms with Crippen molar-refractivity contribution in [3.05, 3.63) is 41.2 Å². The minimum Gasteiger partial charge on any atom is -0.326 e. The fourth-order valence-electron chi connectivity index (χ4n) is 3.33. The molecule has 1 aromatic carbocycles. The Labute approximate surface area is 127 Å². The van der Waals surface area contributed by atoms with E-state index >= 15 is 0 Å². The lowest BCUT2D eigenvalue weighted by molar-refractivity contribution is 0.551. The molecular weight excluding hydrogens is 278 g/mol. The number of nitrogens with one attached hydrogen (secondary N) is 2. The molecule has 3 aromatic rings. The first-order chi connectivity index (χ1) is 10.8. The predicted molar refractivity (Wildman–Crippen MR) is 86.0 cm³/mol. The summed E-state index contributed by atoms with van der Waals surface area (Å²) in [5.41, 5.74) is 3.96. The van der Waals surface area contributed by atoms with Crippen molar-refractivity contribution in [1.29, 1.82) is 0 Å². The molecule has 0 spiro atoms. The topological polar surface area (TPSA) is 67.6 Å². The lowest BCUT2D eigenvalue weighted by atomic mass is 10.1. The lowest BCUT2D eigenvalue weighted by Crippen LogP contribution is -2.14. The zero-order valence-corrected chi connectivity index (χ0v) is 12.5. The van der Waals surface area contributed by atoms with Crippen LogP contribution in [0.5, 0.6) is 0 Å². The Hall–Kier alpha value is -2.34. The van der Waals surface area contributed by atoms with Crippen LogP contribution >= 0.6 is 0 Å². The van der Waals surface area contributed by atoms with Crippen molar-refractivity contribution in [2.75, 3.05) is 13.1 Å². The molecule has 1 atom stereocenters. The van der Waals surface area contributed by atoms with E-state index in [1.807, 2.05) is 31.6 Å². The zero-order chi connectivity index (χ0) is 15.1. The monoisotopic (exact) mass is 297 g/mol. The number of hydrogen-bond acceptors (Lipinski definition) is 3. The second-order valence-electron chi connectivity index (χ2n) is 5.74. The van der Waals surface area contributed by atoms with Gasteiger partial charge in [0.1, 0.15) is 0 Å². The fraction of sp³-hybridized carbons (Fsp3) is 0.375. The normalized spacial score (nSPS) is 18.3. The molecule has 2 aromatic heterocycles. The molecule has 22 heavy (non-hydrogen) atoms. The molecule has 114 valence electrons. The van der Waals surface area contributed by atoms with Crippen molar-refractivity contribution in [1.82, 2.24) is 24.4 Å². The maximum Gasteiger partial charge on any atom is 0.326 e. The maximum absolute atomic E-state index is 11.9. The average molecular weight is 297 g/mol. The number of H-pyrrole nitrogens is 1. The van der Waals surface area contributed by atoms with Gasteiger partial charge < -0.3 is 14.9 Å². The first-order valence-electron chi connectivity index (χ1n) is 7.73. The molecule has 0 saturated carbocycles. The number of nitrogens with zero attached hydrogens (tertiary/aromatic N) is 3. The van der Waals surface area contributed by atoms with Gasteiger partial charge in [0.25, 0.3) is 0 Å². The highest BCUT2D eigenvalue weighted by atomic mass is 16.1. The zero-order valence-electron chi connectivity index (χ0n) is 12.5. The van der Waals surface area contributed by atoms with E-state index in [0.29, 0.717) is 12.6 Å². The van der Waals surface area contributed by atoms with E-state index in [0.717, 1.165) is 41.8 Å². The summed E-state index contributed by atoms with van der Waals surface area (Å²) >= 11 is 0. The number of aromatic nitrogens is 4. The van der Waals surface area contributed by atoms with Crippen LogP contribution in [0.4, 0.5) is 0 Å². The van der Waals surface area contributed by atoms with Crippen LogP contribution in [0, 0.1) is 0 Å². The van der Waals surface area contributed by atoms with Crippen molar-refractivity contribution in [3.63, 3.8) is 0 Å². The molecule has 2 N–H and O–H groups in total. The van der Waals surface area contributed by atoms with Gasteiger partial charge in [-0.1, -0.05) is 6.07 Å². The summed E-state index contributed by atoms with van der Waals surface area (Å²) in [6.45, 7) is 4.68. The van der Waals surface area contributed by atoms with Crippen LogP contribution in [0.3, 0.4) is 0 Å². The van der Waals surface area contributed by atoms with Gasteiger partial charge in [-0.2, -0.15) is 0 Å². The van der Waals surface area contributed by atoms with Crippen LogP contribution in [0.25, 0.3) is 22.3 Å². The molecule has 3 heterocycles. The van der Waals surface area contributed by atoms with Crippen LogP contribution in [-0.2, 0) is 6.54 Å². The number of benzene rings is 1. The van der Waals surface area contributed by atoms with Gasteiger partial charge in [0.2, 0.25) is 0 Å². The number of aryl methyl sites for hydroxylation is 1. The van der Waals surface area contributed by atoms with Crippen molar-refractivity contribution < 1.29 is 0 Å². The molecule has 1 aliphatic heterocycles. The molecule has 6 heteroatoms. The summed E-state index contributed by atoms with van der Waals surface area (Å²) in [5, 5.41) is 3.39. The molecular formula is C16H19N5O.